The first kappa shape index (κ1) is 12.9. The van der Waals surface area contributed by atoms with Gasteiger partial charge in [-0.05, 0) is 29.7 Å². The molecule has 0 amide bonds. The molecule has 0 fully saturated rings. The Kier molecular flexibility index (Phi) is 3.57. The average molecular weight is 266 g/mol. The minimum absolute atomic E-state index is 0.597. The van der Waals surface area contributed by atoms with E-state index in [-0.39, 0.29) is 0 Å². The molecule has 1 unspecified atom stereocenters. The molecule has 0 aliphatic heterocycles. The first-order chi connectivity index (χ1) is 9.78. The zero-order valence-corrected chi connectivity index (χ0v) is 11.5. The van der Waals surface area contributed by atoms with E-state index in [1.807, 2.05) is 42.5 Å². The Balaban J connectivity index is 1.94. The number of rotatable bonds is 4. The second kappa shape index (κ2) is 5.51. The van der Waals surface area contributed by atoms with Crippen LogP contribution >= 0.6 is 0 Å². The third-order valence-corrected chi connectivity index (χ3v) is 3.52. The molecule has 1 atom stereocenters. The standard InChI is InChI=1S/C18H18O2/c1-2-6-13-7-5-9-15(11-13)18(19)17-12-14-8-3-4-10-16(14)20-17/h3-5,7-12,18-19H,2,6H2,1H3. The van der Waals surface area contributed by atoms with Crippen molar-refractivity contribution in [2.24, 2.45) is 0 Å². The lowest BCUT2D eigenvalue weighted by Gasteiger charge is -2.09. The highest BCUT2D eigenvalue weighted by atomic mass is 16.4. The Hall–Kier alpha value is -2.06. The molecular weight excluding hydrogens is 248 g/mol. The van der Waals surface area contributed by atoms with E-state index in [1.165, 1.54) is 5.56 Å². The molecule has 0 aliphatic rings. The minimum atomic E-state index is -0.709. The number of benzene rings is 2. The summed E-state index contributed by atoms with van der Waals surface area (Å²) in [6.45, 7) is 2.16. The number of aliphatic hydroxyl groups is 1. The van der Waals surface area contributed by atoms with Crippen LogP contribution in [0.1, 0.15) is 36.3 Å². The first-order valence-corrected chi connectivity index (χ1v) is 7.03. The van der Waals surface area contributed by atoms with Crippen molar-refractivity contribution >= 4 is 11.0 Å². The Morgan fingerprint density at radius 1 is 1.05 bits per heavy atom. The van der Waals surface area contributed by atoms with Crippen LogP contribution in [0.2, 0.25) is 0 Å². The Morgan fingerprint density at radius 3 is 2.70 bits per heavy atom. The third-order valence-electron chi connectivity index (χ3n) is 3.52. The Labute approximate surface area is 118 Å². The quantitative estimate of drug-likeness (QED) is 0.756. The molecule has 3 aromatic rings. The summed E-state index contributed by atoms with van der Waals surface area (Å²) in [4.78, 5) is 0. The van der Waals surface area contributed by atoms with Gasteiger partial charge in [0.25, 0.3) is 0 Å². The van der Waals surface area contributed by atoms with Crippen molar-refractivity contribution in [2.75, 3.05) is 0 Å². The molecule has 2 nitrogen and oxygen atoms in total. The highest BCUT2D eigenvalue weighted by Crippen LogP contribution is 2.28. The molecule has 2 aromatic carbocycles. The molecule has 0 saturated carbocycles. The molecule has 0 aliphatic carbocycles. The van der Waals surface area contributed by atoms with Gasteiger partial charge in [0.15, 0.2) is 0 Å². The van der Waals surface area contributed by atoms with E-state index in [0.717, 1.165) is 29.4 Å². The number of para-hydroxylation sites is 1. The summed E-state index contributed by atoms with van der Waals surface area (Å²) < 4.78 is 5.73. The zero-order valence-electron chi connectivity index (χ0n) is 11.5. The fraction of sp³-hybridized carbons (Fsp3) is 0.222. The van der Waals surface area contributed by atoms with Gasteiger partial charge in [0.05, 0.1) is 0 Å². The second-order valence-corrected chi connectivity index (χ2v) is 5.08. The van der Waals surface area contributed by atoms with Gasteiger partial charge < -0.3 is 9.52 Å². The van der Waals surface area contributed by atoms with Crippen LogP contribution in [-0.4, -0.2) is 5.11 Å². The van der Waals surface area contributed by atoms with Crippen molar-refractivity contribution in [1.29, 1.82) is 0 Å². The molecule has 3 rings (SSSR count). The lowest BCUT2D eigenvalue weighted by Crippen LogP contribution is -1.98. The summed E-state index contributed by atoms with van der Waals surface area (Å²) in [5.74, 6) is 0.597. The molecule has 1 aromatic heterocycles. The van der Waals surface area contributed by atoms with Crippen LogP contribution in [0.25, 0.3) is 11.0 Å². The van der Waals surface area contributed by atoms with E-state index in [1.54, 1.807) is 0 Å². The monoisotopic (exact) mass is 266 g/mol. The van der Waals surface area contributed by atoms with Gasteiger partial charge in [-0.15, -0.1) is 0 Å². The number of fused-ring (bicyclic) bond motifs is 1. The van der Waals surface area contributed by atoms with Gasteiger partial charge in [-0.3, -0.25) is 0 Å². The fourth-order valence-corrected chi connectivity index (χ4v) is 2.51. The minimum Gasteiger partial charge on any atom is -0.458 e. The smallest absolute Gasteiger partial charge is 0.138 e. The SMILES string of the molecule is CCCc1cccc(C(O)c2cc3ccccc3o2)c1. The third kappa shape index (κ3) is 2.47. The fourth-order valence-electron chi connectivity index (χ4n) is 2.51. The Morgan fingerprint density at radius 2 is 1.90 bits per heavy atom. The van der Waals surface area contributed by atoms with E-state index in [2.05, 4.69) is 19.1 Å². The maximum Gasteiger partial charge on any atom is 0.138 e. The summed E-state index contributed by atoms with van der Waals surface area (Å²) in [6.07, 6.45) is 1.42. The van der Waals surface area contributed by atoms with Crippen LogP contribution in [0.15, 0.2) is 59.0 Å². The van der Waals surface area contributed by atoms with E-state index in [4.69, 9.17) is 4.42 Å². The molecule has 1 N–H and O–H groups in total. The normalized spacial score (nSPS) is 12.7. The van der Waals surface area contributed by atoms with Crippen LogP contribution in [0.4, 0.5) is 0 Å². The van der Waals surface area contributed by atoms with Crippen molar-refractivity contribution in [2.45, 2.75) is 25.9 Å². The number of aryl methyl sites for hydroxylation is 1. The molecule has 102 valence electrons. The van der Waals surface area contributed by atoms with Crippen LogP contribution in [0.3, 0.4) is 0 Å². The predicted molar refractivity (Wildman–Crippen MR) is 80.7 cm³/mol. The number of furan rings is 1. The van der Waals surface area contributed by atoms with Gasteiger partial charge in [-0.2, -0.15) is 0 Å². The van der Waals surface area contributed by atoms with Crippen LogP contribution in [0, 0.1) is 0 Å². The molecular formula is C18H18O2. The first-order valence-electron chi connectivity index (χ1n) is 7.03. The van der Waals surface area contributed by atoms with Crippen molar-refractivity contribution in [3.05, 3.63) is 71.5 Å². The van der Waals surface area contributed by atoms with Gasteiger partial charge in [0.1, 0.15) is 17.4 Å². The lowest BCUT2D eigenvalue weighted by atomic mass is 10.0. The molecule has 0 saturated heterocycles. The van der Waals surface area contributed by atoms with E-state index < -0.39 is 6.10 Å². The van der Waals surface area contributed by atoms with Crippen molar-refractivity contribution in [1.82, 2.24) is 0 Å². The van der Waals surface area contributed by atoms with Gasteiger partial charge in [0.2, 0.25) is 0 Å². The average Bonchev–Trinajstić information content (AvgIpc) is 2.91. The van der Waals surface area contributed by atoms with E-state index in [9.17, 15) is 5.11 Å². The Bertz CT molecular complexity index is 679. The van der Waals surface area contributed by atoms with Gasteiger partial charge >= 0.3 is 0 Å². The summed E-state index contributed by atoms with van der Waals surface area (Å²) in [6, 6.07) is 17.8. The van der Waals surface area contributed by atoms with E-state index >= 15 is 0 Å². The van der Waals surface area contributed by atoms with E-state index in [0.29, 0.717) is 5.76 Å². The maximum atomic E-state index is 10.5. The van der Waals surface area contributed by atoms with Crippen molar-refractivity contribution in [3.63, 3.8) is 0 Å². The summed E-state index contributed by atoms with van der Waals surface area (Å²) in [5, 5.41) is 11.5. The number of hydrogen-bond donors (Lipinski definition) is 1. The number of hydrogen-bond acceptors (Lipinski definition) is 2. The molecule has 1 heterocycles. The van der Waals surface area contributed by atoms with Crippen molar-refractivity contribution < 1.29 is 9.52 Å². The summed E-state index contributed by atoms with van der Waals surface area (Å²) >= 11 is 0. The predicted octanol–water partition coefficient (Wildman–Crippen LogP) is 4.47. The van der Waals surface area contributed by atoms with Gasteiger partial charge in [0, 0.05) is 5.39 Å². The molecule has 0 radical (unpaired) electrons. The summed E-state index contributed by atoms with van der Waals surface area (Å²) in [7, 11) is 0. The summed E-state index contributed by atoms with van der Waals surface area (Å²) in [5.41, 5.74) is 2.95. The van der Waals surface area contributed by atoms with Gasteiger partial charge in [-0.25, -0.2) is 0 Å². The molecule has 0 spiro atoms. The van der Waals surface area contributed by atoms with Gasteiger partial charge in [-0.1, -0.05) is 55.8 Å². The molecule has 0 bridgehead atoms. The number of aliphatic hydroxyl groups excluding tert-OH is 1. The van der Waals surface area contributed by atoms with Crippen LogP contribution in [-0.2, 0) is 6.42 Å². The van der Waals surface area contributed by atoms with Crippen LogP contribution in [0.5, 0.6) is 0 Å². The second-order valence-electron chi connectivity index (χ2n) is 5.08. The zero-order chi connectivity index (χ0) is 13.9. The van der Waals surface area contributed by atoms with Crippen LogP contribution < -0.4 is 0 Å². The van der Waals surface area contributed by atoms with Crippen molar-refractivity contribution in [3.8, 4) is 0 Å². The lowest BCUT2D eigenvalue weighted by molar-refractivity contribution is 0.192. The largest absolute Gasteiger partial charge is 0.458 e. The topological polar surface area (TPSA) is 33.4 Å². The highest BCUT2D eigenvalue weighted by Gasteiger charge is 2.15. The molecule has 2 heteroatoms. The highest BCUT2D eigenvalue weighted by molar-refractivity contribution is 5.77. The molecule has 20 heavy (non-hydrogen) atoms. The maximum absolute atomic E-state index is 10.5.